The highest BCUT2D eigenvalue weighted by atomic mass is 28.2. The van der Waals surface area contributed by atoms with E-state index in [-0.39, 0.29) is 0 Å². The molecule has 0 aliphatic heterocycles. The second-order valence-corrected chi connectivity index (χ2v) is 4.72. The van der Waals surface area contributed by atoms with Gasteiger partial charge in [-0.15, -0.1) is 0 Å². The minimum atomic E-state index is 0.506. The van der Waals surface area contributed by atoms with Gasteiger partial charge in [-0.3, -0.25) is 0 Å². The fraction of sp³-hybridized carbons (Fsp3) is 1.00. The zero-order valence-corrected chi connectivity index (χ0v) is 11.9. The van der Waals surface area contributed by atoms with Gasteiger partial charge in [-0.25, -0.2) is 0 Å². The highest BCUT2D eigenvalue weighted by Gasteiger charge is 2.25. The van der Waals surface area contributed by atoms with E-state index < -0.39 is 0 Å². The van der Waals surface area contributed by atoms with Crippen molar-refractivity contribution in [3.05, 3.63) is 0 Å². The maximum absolute atomic E-state index is 5.49. The molecule has 1 unspecified atom stereocenters. The molecule has 13 heavy (non-hydrogen) atoms. The predicted molar refractivity (Wildman–Crippen MR) is 63.0 cm³/mol. The Labute approximate surface area is 86.8 Å². The summed E-state index contributed by atoms with van der Waals surface area (Å²) in [6.45, 7) is 7.87. The van der Waals surface area contributed by atoms with Gasteiger partial charge in [-0.2, -0.15) is 0 Å². The van der Waals surface area contributed by atoms with E-state index >= 15 is 0 Å². The summed E-state index contributed by atoms with van der Waals surface area (Å²) < 4.78 is 5.49. The third-order valence-corrected chi connectivity index (χ3v) is 3.33. The Hall–Kier alpha value is 0.177. The summed E-state index contributed by atoms with van der Waals surface area (Å²) in [7, 11) is 0.890. The van der Waals surface area contributed by atoms with Gasteiger partial charge in [0.1, 0.15) is 10.5 Å². The van der Waals surface area contributed by atoms with Gasteiger partial charge in [0.2, 0.25) is 0 Å². The Morgan fingerprint density at radius 1 is 1.08 bits per heavy atom. The summed E-state index contributed by atoms with van der Waals surface area (Å²) in [5, 5.41) is 0. The van der Waals surface area contributed by atoms with Crippen molar-refractivity contribution in [2.75, 3.05) is 6.61 Å². The zero-order chi connectivity index (χ0) is 10.2. The van der Waals surface area contributed by atoms with Crippen molar-refractivity contribution < 1.29 is 4.43 Å². The fourth-order valence-electron chi connectivity index (χ4n) is 2.11. The van der Waals surface area contributed by atoms with Crippen molar-refractivity contribution in [2.24, 2.45) is 5.41 Å². The lowest BCUT2D eigenvalue weighted by atomic mass is 9.77. The van der Waals surface area contributed by atoms with Crippen LogP contribution in [0.4, 0.5) is 0 Å². The largest absolute Gasteiger partial charge is 0.427 e. The van der Waals surface area contributed by atoms with Gasteiger partial charge in [0, 0.05) is 6.61 Å². The quantitative estimate of drug-likeness (QED) is 0.550. The van der Waals surface area contributed by atoms with E-state index in [0.717, 1.165) is 17.1 Å². The molecule has 0 spiro atoms. The SMILES string of the molecule is CCCCC(CC)(CCC)CO[SiH3]. The average Bonchev–Trinajstić information content (AvgIpc) is 2.15. The first-order valence-electron chi connectivity index (χ1n) is 5.73. The lowest BCUT2D eigenvalue weighted by Gasteiger charge is -2.32. The Kier molecular flexibility index (Phi) is 7.67. The molecule has 0 aliphatic carbocycles. The third-order valence-electron chi connectivity index (χ3n) is 3.04. The van der Waals surface area contributed by atoms with E-state index in [2.05, 4.69) is 20.8 Å². The molecule has 0 aliphatic rings. The van der Waals surface area contributed by atoms with Crippen molar-refractivity contribution >= 4 is 10.5 Å². The van der Waals surface area contributed by atoms with E-state index in [1.807, 2.05) is 0 Å². The van der Waals surface area contributed by atoms with Gasteiger partial charge in [0.15, 0.2) is 0 Å². The van der Waals surface area contributed by atoms with Crippen LogP contribution in [0.2, 0.25) is 0 Å². The summed E-state index contributed by atoms with van der Waals surface area (Å²) in [5.41, 5.74) is 0.506. The van der Waals surface area contributed by atoms with Crippen molar-refractivity contribution in [1.29, 1.82) is 0 Å². The lowest BCUT2D eigenvalue weighted by molar-refractivity contribution is 0.120. The summed E-state index contributed by atoms with van der Waals surface area (Å²) in [5.74, 6) is 0. The molecule has 0 aromatic carbocycles. The van der Waals surface area contributed by atoms with Crippen LogP contribution in [0.15, 0.2) is 0 Å². The van der Waals surface area contributed by atoms with Gasteiger partial charge in [-0.05, 0) is 24.7 Å². The summed E-state index contributed by atoms with van der Waals surface area (Å²) >= 11 is 0. The molecule has 0 aromatic heterocycles. The minimum absolute atomic E-state index is 0.506. The Morgan fingerprint density at radius 3 is 2.15 bits per heavy atom. The molecule has 0 rings (SSSR count). The fourth-order valence-corrected chi connectivity index (χ4v) is 2.73. The van der Waals surface area contributed by atoms with Crippen molar-refractivity contribution in [3.8, 4) is 0 Å². The minimum Gasteiger partial charge on any atom is -0.427 e. The summed E-state index contributed by atoms with van der Waals surface area (Å²) in [6.07, 6.45) is 7.94. The van der Waals surface area contributed by atoms with E-state index in [0.29, 0.717) is 5.41 Å². The van der Waals surface area contributed by atoms with Crippen LogP contribution in [0.3, 0.4) is 0 Å². The molecule has 0 saturated heterocycles. The number of hydrogen-bond donors (Lipinski definition) is 0. The molecule has 0 bridgehead atoms. The number of hydrogen-bond acceptors (Lipinski definition) is 1. The van der Waals surface area contributed by atoms with E-state index in [1.165, 1.54) is 38.5 Å². The van der Waals surface area contributed by atoms with Gasteiger partial charge in [0.25, 0.3) is 0 Å². The number of rotatable bonds is 8. The van der Waals surface area contributed by atoms with Crippen LogP contribution in [0.25, 0.3) is 0 Å². The summed E-state index contributed by atoms with van der Waals surface area (Å²) in [4.78, 5) is 0. The molecule has 1 atom stereocenters. The molecule has 0 fully saturated rings. The molecular weight excluding hydrogens is 176 g/mol. The first-order valence-corrected chi connectivity index (χ1v) is 6.55. The predicted octanol–water partition coefficient (Wildman–Crippen LogP) is 2.67. The monoisotopic (exact) mass is 202 g/mol. The maximum atomic E-state index is 5.49. The number of unbranched alkanes of at least 4 members (excludes halogenated alkanes) is 1. The molecular formula is C11H26OSi. The van der Waals surface area contributed by atoms with Crippen LogP contribution in [0.5, 0.6) is 0 Å². The van der Waals surface area contributed by atoms with Crippen molar-refractivity contribution in [1.82, 2.24) is 0 Å². The average molecular weight is 202 g/mol. The second-order valence-electron chi connectivity index (χ2n) is 4.14. The van der Waals surface area contributed by atoms with Crippen LogP contribution >= 0.6 is 0 Å². The first kappa shape index (κ1) is 13.2. The molecule has 0 aromatic rings. The Morgan fingerprint density at radius 2 is 1.77 bits per heavy atom. The van der Waals surface area contributed by atoms with Crippen molar-refractivity contribution in [2.45, 2.75) is 59.3 Å². The van der Waals surface area contributed by atoms with Gasteiger partial charge < -0.3 is 4.43 Å². The normalized spacial score (nSPS) is 15.9. The highest BCUT2D eigenvalue weighted by molar-refractivity contribution is 5.97. The second kappa shape index (κ2) is 7.57. The molecule has 0 saturated carbocycles. The molecule has 80 valence electrons. The van der Waals surface area contributed by atoms with E-state index in [4.69, 9.17) is 4.43 Å². The van der Waals surface area contributed by atoms with Crippen LogP contribution in [0.1, 0.15) is 59.3 Å². The molecule has 2 heteroatoms. The standard InChI is InChI=1S/C11H26OSi/c1-4-7-9-11(6-3,8-5-2)10-12-13/h4-10H2,1-3,13H3. The van der Waals surface area contributed by atoms with Gasteiger partial charge in [-0.1, -0.05) is 40.0 Å². The van der Waals surface area contributed by atoms with E-state index in [1.54, 1.807) is 0 Å². The topological polar surface area (TPSA) is 9.23 Å². The smallest absolute Gasteiger partial charge is 0.145 e. The van der Waals surface area contributed by atoms with Gasteiger partial charge >= 0.3 is 0 Å². The lowest BCUT2D eigenvalue weighted by Crippen LogP contribution is -2.25. The zero-order valence-electron chi connectivity index (χ0n) is 9.86. The molecule has 0 radical (unpaired) electrons. The van der Waals surface area contributed by atoms with Crippen LogP contribution in [-0.2, 0) is 4.43 Å². The van der Waals surface area contributed by atoms with Crippen LogP contribution < -0.4 is 0 Å². The Bertz CT molecular complexity index is 109. The first-order chi connectivity index (χ1) is 6.24. The summed E-state index contributed by atoms with van der Waals surface area (Å²) in [6, 6.07) is 0. The van der Waals surface area contributed by atoms with E-state index in [9.17, 15) is 0 Å². The van der Waals surface area contributed by atoms with Gasteiger partial charge in [0.05, 0.1) is 0 Å². The van der Waals surface area contributed by atoms with Crippen molar-refractivity contribution in [3.63, 3.8) is 0 Å². The molecule has 0 amide bonds. The highest BCUT2D eigenvalue weighted by Crippen LogP contribution is 2.34. The Balaban J connectivity index is 4.07. The maximum Gasteiger partial charge on any atom is 0.145 e. The molecule has 1 nitrogen and oxygen atoms in total. The third kappa shape index (κ3) is 4.82. The molecule has 0 N–H and O–H groups in total. The van der Waals surface area contributed by atoms with Crippen LogP contribution in [0, 0.1) is 5.41 Å². The van der Waals surface area contributed by atoms with Crippen LogP contribution in [-0.4, -0.2) is 17.1 Å². The molecule has 0 heterocycles.